The number of hydrogen-bond acceptors (Lipinski definition) is 8. The van der Waals surface area contributed by atoms with E-state index in [-0.39, 0.29) is 0 Å². The molecule has 0 radical (unpaired) electrons. The van der Waals surface area contributed by atoms with Crippen LogP contribution in [0.25, 0.3) is 5.65 Å². The summed E-state index contributed by atoms with van der Waals surface area (Å²) < 4.78 is 12.6. The SMILES string of the molecule is COc1ccnc(CN2CCN(c3ccc4nnc(C)n4n3)CC2)c1OC. The molecule has 3 aromatic heterocycles. The van der Waals surface area contributed by atoms with E-state index >= 15 is 0 Å². The molecule has 1 aliphatic heterocycles. The van der Waals surface area contributed by atoms with Crippen LogP contribution in [0.3, 0.4) is 0 Å². The summed E-state index contributed by atoms with van der Waals surface area (Å²) in [5.41, 5.74) is 1.66. The van der Waals surface area contributed by atoms with Crippen LogP contribution in [0.1, 0.15) is 11.5 Å². The van der Waals surface area contributed by atoms with Crippen molar-refractivity contribution in [2.45, 2.75) is 13.5 Å². The molecule has 0 N–H and O–H groups in total. The number of anilines is 1. The molecule has 0 aromatic carbocycles. The van der Waals surface area contributed by atoms with Crippen LogP contribution in [0.5, 0.6) is 11.5 Å². The van der Waals surface area contributed by atoms with Crippen molar-refractivity contribution in [1.82, 2.24) is 29.7 Å². The number of fused-ring (bicyclic) bond motifs is 1. The highest BCUT2D eigenvalue weighted by atomic mass is 16.5. The lowest BCUT2D eigenvalue weighted by Gasteiger charge is -2.35. The van der Waals surface area contributed by atoms with E-state index in [1.165, 1.54) is 0 Å². The van der Waals surface area contributed by atoms with Gasteiger partial charge in [0, 0.05) is 45.0 Å². The van der Waals surface area contributed by atoms with Gasteiger partial charge in [-0.2, -0.15) is 4.52 Å². The van der Waals surface area contributed by atoms with Crippen molar-refractivity contribution in [3.63, 3.8) is 0 Å². The van der Waals surface area contributed by atoms with Crippen LogP contribution in [-0.2, 0) is 6.54 Å². The van der Waals surface area contributed by atoms with Gasteiger partial charge in [0.1, 0.15) is 11.5 Å². The number of hydrogen-bond donors (Lipinski definition) is 0. The molecule has 27 heavy (non-hydrogen) atoms. The average molecular weight is 369 g/mol. The number of rotatable bonds is 5. The van der Waals surface area contributed by atoms with Gasteiger partial charge in [-0.05, 0) is 19.1 Å². The van der Waals surface area contributed by atoms with E-state index in [1.54, 1.807) is 24.9 Å². The number of nitrogens with zero attached hydrogens (tertiary/aromatic N) is 7. The second kappa shape index (κ2) is 7.36. The molecule has 142 valence electrons. The largest absolute Gasteiger partial charge is 0.493 e. The van der Waals surface area contributed by atoms with Crippen LogP contribution in [0.2, 0.25) is 0 Å². The third-order valence-electron chi connectivity index (χ3n) is 4.84. The van der Waals surface area contributed by atoms with E-state index < -0.39 is 0 Å². The highest BCUT2D eigenvalue weighted by Gasteiger charge is 2.21. The van der Waals surface area contributed by atoms with Gasteiger partial charge in [-0.1, -0.05) is 0 Å². The second-order valence-corrected chi connectivity index (χ2v) is 6.47. The van der Waals surface area contributed by atoms with Crippen LogP contribution < -0.4 is 14.4 Å². The highest BCUT2D eigenvalue weighted by Crippen LogP contribution is 2.30. The summed E-state index contributed by atoms with van der Waals surface area (Å²) in [4.78, 5) is 9.13. The molecule has 4 heterocycles. The van der Waals surface area contributed by atoms with Gasteiger partial charge in [0.2, 0.25) is 0 Å². The zero-order valence-corrected chi connectivity index (χ0v) is 15.8. The Labute approximate surface area is 157 Å². The molecule has 0 saturated carbocycles. The van der Waals surface area contributed by atoms with Crippen molar-refractivity contribution in [2.24, 2.45) is 0 Å². The van der Waals surface area contributed by atoms with Gasteiger partial charge >= 0.3 is 0 Å². The summed E-state index contributed by atoms with van der Waals surface area (Å²) in [5, 5.41) is 12.8. The van der Waals surface area contributed by atoms with Crippen molar-refractivity contribution in [3.05, 3.63) is 35.9 Å². The molecule has 0 amide bonds. The molecule has 0 aliphatic carbocycles. The maximum Gasteiger partial charge on any atom is 0.183 e. The highest BCUT2D eigenvalue weighted by molar-refractivity contribution is 5.46. The summed E-state index contributed by atoms with van der Waals surface area (Å²) in [6.45, 7) is 6.26. The Morgan fingerprint density at radius 3 is 2.56 bits per heavy atom. The number of piperazine rings is 1. The first-order valence-electron chi connectivity index (χ1n) is 8.92. The maximum absolute atomic E-state index is 5.49. The molecule has 3 aromatic rings. The Hall–Kier alpha value is -2.94. The molecule has 0 atom stereocenters. The molecule has 9 nitrogen and oxygen atoms in total. The molecular formula is C18H23N7O2. The predicted octanol–water partition coefficient (Wildman–Crippen LogP) is 1.17. The van der Waals surface area contributed by atoms with E-state index in [1.807, 2.05) is 25.1 Å². The first-order valence-corrected chi connectivity index (χ1v) is 8.92. The first-order chi connectivity index (χ1) is 13.2. The summed E-state index contributed by atoms with van der Waals surface area (Å²) in [6, 6.07) is 5.78. The lowest BCUT2D eigenvalue weighted by atomic mass is 10.2. The van der Waals surface area contributed by atoms with Crippen LogP contribution in [-0.4, -0.2) is 70.1 Å². The zero-order chi connectivity index (χ0) is 18.8. The van der Waals surface area contributed by atoms with Crippen LogP contribution in [0.4, 0.5) is 5.82 Å². The fourth-order valence-corrected chi connectivity index (χ4v) is 3.37. The number of pyridine rings is 1. The Morgan fingerprint density at radius 2 is 1.81 bits per heavy atom. The average Bonchev–Trinajstić information content (AvgIpc) is 3.08. The number of aromatic nitrogens is 5. The zero-order valence-electron chi connectivity index (χ0n) is 15.8. The summed E-state index contributed by atoms with van der Waals surface area (Å²) >= 11 is 0. The van der Waals surface area contributed by atoms with Crippen molar-refractivity contribution < 1.29 is 9.47 Å². The van der Waals surface area contributed by atoms with Crippen molar-refractivity contribution >= 4 is 11.5 Å². The predicted molar refractivity (Wildman–Crippen MR) is 100 cm³/mol. The normalized spacial score (nSPS) is 15.3. The Bertz CT molecular complexity index is 935. The lowest BCUT2D eigenvalue weighted by molar-refractivity contribution is 0.240. The van der Waals surface area contributed by atoms with Gasteiger partial charge in [0.25, 0.3) is 0 Å². The monoisotopic (exact) mass is 369 g/mol. The fraction of sp³-hybridized carbons (Fsp3) is 0.444. The minimum atomic E-state index is 0.706. The van der Waals surface area contributed by atoms with Crippen molar-refractivity contribution in [1.29, 1.82) is 0 Å². The molecule has 0 spiro atoms. The molecule has 9 heteroatoms. The smallest absolute Gasteiger partial charge is 0.183 e. The second-order valence-electron chi connectivity index (χ2n) is 6.47. The number of aryl methyl sites for hydroxylation is 1. The third kappa shape index (κ3) is 3.37. The van der Waals surface area contributed by atoms with Crippen LogP contribution in [0.15, 0.2) is 24.4 Å². The molecular weight excluding hydrogens is 346 g/mol. The molecule has 0 bridgehead atoms. The van der Waals surface area contributed by atoms with Gasteiger partial charge in [-0.15, -0.1) is 15.3 Å². The topological polar surface area (TPSA) is 80.9 Å². The minimum Gasteiger partial charge on any atom is -0.493 e. The van der Waals surface area contributed by atoms with Gasteiger partial charge in [0.15, 0.2) is 23.0 Å². The Morgan fingerprint density at radius 1 is 1.00 bits per heavy atom. The summed E-state index contributed by atoms with van der Waals surface area (Å²) in [5.74, 6) is 3.16. The van der Waals surface area contributed by atoms with E-state index in [0.717, 1.165) is 55.7 Å². The molecule has 1 saturated heterocycles. The minimum absolute atomic E-state index is 0.706. The van der Waals surface area contributed by atoms with Gasteiger partial charge in [-0.25, -0.2) is 0 Å². The quantitative estimate of drug-likeness (QED) is 0.663. The van der Waals surface area contributed by atoms with Crippen molar-refractivity contribution in [3.8, 4) is 11.5 Å². The Kier molecular flexibility index (Phi) is 4.76. The van der Waals surface area contributed by atoms with Gasteiger partial charge in [-0.3, -0.25) is 9.88 Å². The van der Waals surface area contributed by atoms with Crippen molar-refractivity contribution in [2.75, 3.05) is 45.3 Å². The van der Waals surface area contributed by atoms with E-state index in [4.69, 9.17) is 9.47 Å². The summed E-state index contributed by atoms with van der Waals surface area (Å²) in [6.07, 6.45) is 1.76. The van der Waals surface area contributed by atoms with Gasteiger partial charge in [0.05, 0.1) is 14.2 Å². The third-order valence-corrected chi connectivity index (χ3v) is 4.84. The lowest BCUT2D eigenvalue weighted by Crippen LogP contribution is -2.46. The Balaban J connectivity index is 1.44. The maximum atomic E-state index is 5.49. The molecule has 1 fully saturated rings. The van der Waals surface area contributed by atoms with Crippen LogP contribution >= 0.6 is 0 Å². The van der Waals surface area contributed by atoms with E-state index in [9.17, 15) is 0 Å². The summed E-state index contributed by atoms with van der Waals surface area (Å²) in [7, 11) is 3.29. The van der Waals surface area contributed by atoms with E-state index in [2.05, 4.69) is 30.1 Å². The molecule has 4 rings (SSSR count). The number of ether oxygens (including phenoxy) is 2. The standard InChI is InChI=1S/C18H23N7O2/c1-13-20-21-16-4-5-17(22-25(13)16)24-10-8-23(9-11-24)12-14-18(27-3)15(26-2)6-7-19-14/h4-7H,8-12H2,1-3H3. The van der Waals surface area contributed by atoms with Crippen LogP contribution in [0, 0.1) is 6.92 Å². The molecule has 1 aliphatic rings. The number of methoxy groups -OCH3 is 2. The molecule has 0 unspecified atom stereocenters. The fourth-order valence-electron chi connectivity index (χ4n) is 3.37. The van der Waals surface area contributed by atoms with Gasteiger partial charge < -0.3 is 14.4 Å². The first kappa shape index (κ1) is 17.5. The van der Waals surface area contributed by atoms with E-state index in [0.29, 0.717) is 11.5 Å².